The average molecular weight is 350 g/mol. The van der Waals surface area contributed by atoms with Crippen molar-refractivity contribution in [1.29, 1.82) is 0 Å². The van der Waals surface area contributed by atoms with E-state index in [2.05, 4.69) is 0 Å². The molecule has 0 spiro atoms. The predicted octanol–water partition coefficient (Wildman–Crippen LogP) is 1.58. The molecule has 2 saturated heterocycles. The van der Waals surface area contributed by atoms with Crippen LogP contribution in [0.15, 0.2) is 30.3 Å². The molecule has 1 aromatic rings. The summed E-state index contributed by atoms with van der Waals surface area (Å²) in [6, 6.07) is 9.72. The third-order valence-electron chi connectivity index (χ3n) is 5.94. The molecule has 1 aliphatic carbocycles. The molecule has 0 aromatic heterocycles. The summed E-state index contributed by atoms with van der Waals surface area (Å²) >= 11 is 0. The first kappa shape index (κ1) is 17.4. The Morgan fingerprint density at radius 2 is 1.76 bits per heavy atom. The second-order valence-electron chi connectivity index (χ2n) is 8.20. The molecule has 1 saturated carbocycles. The van der Waals surface area contributed by atoms with Crippen molar-refractivity contribution in [2.45, 2.75) is 69.8 Å². The second kappa shape index (κ2) is 5.25. The molecule has 1 unspecified atom stereocenters. The molecule has 3 fully saturated rings. The van der Waals surface area contributed by atoms with E-state index in [0.717, 1.165) is 5.56 Å². The van der Waals surface area contributed by atoms with E-state index in [9.17, 15) is 10.2 Å². The van der Waals surface area contributed by atoms with Crippen LogP contribution in [0.4, 0.5) is 0 Å². The summed E-state index contributed by atoms with van der Waals surface area (Å²) in [5, 5.41) is 22.0. The maximum Gasteiger partial charge on any atom is 0.207 e. The van der Waals surface area contributed by atoms with Gasteiger partial charge in [0.1, 0.15) is 18.3 Å². The van der Waals surface area contributed by atoms with Crippen molar-refractivity contribution in [2.75, 3.05) is 6.61 Å². The summed E-state index contributed by atoms with van der Waals surface area (Å²) < 4.78 is 23.5. The Labute approximate surface area is 147 Å². The molecular formula is C19H26O6. The number of aliphatic hydroxyl groups is 2. The highest BCUT2D eigenvalue weighted by atomic mass is 16.8. The number of ether oxygens (including phenoxy) is 4. The Morgan fingerprint density at radius 1 is 1.08 bits per heavy atom. The van der Waals surface area contributed by atoms with Gasteiger partial charge in [-0.2, -0.15) is 0 Å². The Bertz CT molecular complexity index is 659. The van der Waals surface area contributed by atoms with Crippen molar-refractivity contribution < 1.29 is 29.2 Å². The van der Waals surface area contributed by atoms with Crippen LogP contribution >= 0.6 is 0 Å². The number of benzene rings is 1. The van der Waals surface area contributed by atoms with Crippen molar-refractivity contribution in [3.05, 3.63) is 35.9 Å². The summed E-state index contributed by atoms with van der Waals surface area (Å²) in [5.74, 6) is -2.35. The first-order valence-electron chi connectivity index (χ1n) is 8.72. The molecule has 25 heavy (non-hydrogen) atoms. The first-order chi connectivity index (χ1) is 11.6. The Hall–Kier alpha value is -1.02. The fourth-order valence-corrected chi connectivity index (χ4v) is 4.23. The van der Waals surface area contributed by atoms with Crippen molar-refractivity contribution in [2.24, 2.45) is 5.41 Å². The monoisotopic (exact) mass is 350 g/mol. The smallest absolute Gasteiger partial charge is 0.207 e. The molecule has 4 rings (SSSR count). The molecule has 2 heterocycles. The standard InChI is InChI=1S/C19H26O6/c1-16(2)18(20)15(22-10-12-8-6-5-7-9-12)14(25-19(16,18)21)13-11-23-17(3,4)24-13/h5-9,13-15,20-21H,10-11H2,1-4H3/t13-,14-,15-,18+,19?/m1/s1. The van der Waals surface area contributed by atoms with Gasteiger partial charge in [-0.3, -0.25) is 0 Å². The normalized spacial score (nSPS) is 43.8. The van der Waals surface area contributed by atoms with Crippen molar-refractivity contribution in [3.63, 3.8) is 0 Å². The van der Waals surface area contributed by atoms with E-state index in [1.165, 1.54) is 0 Å². The maximum atomic E-state index is 11.2. The van der Waals surface area contributed by atoms with Gasteiger partial charge in [-0.25, -0.2) is 0 Å². The molecule has 5 atom stereocenters. The molecule has 6 heteroatoms. The van der Waals surface area contributed by atoms with Gasteiger partial charge in [-0.15, -0.1) is 0 Å². The summed E-state index contributed by atoms with van der Waals surface area (Å²) in [6.45, 7) is 7.86. The molecule has 0 bridgehead atoms. The molecule has 2 N–H and O–H groups in total. The molecular weight excluding hydrogens is 324 g/mol. The van der Waals surface area contributed by atoms with Gasteiger partial charge in [-0.05, 0) is 19.4 Å². The van der Waals surface area contributed by atoms with E-state index in [-0.39, 0.29) is 0 Å². The van der Waals surface area contributed by atoms with Crippen LogP contribution in [0.25, 0.3) is 0 Å². The van der Waals surface area contributed by atoms with Gasteiger partial charge in [0.25, 0.3) is 0 Å². The van der Waals surface area contributed by atoms with Gasteiger partial charge < -0.3 is 29.2 Å². The van der Waals surface area contributed by atoms with Crippen LogP contribution in [-0.2, 0) is 25.6 Å². The number of hydrogen-bond donors (Lipinski definition) is 2. The lowest BCUT2D eigenvalue weighted by molar-refractivity contribution is -0.215. The molecule has 2 aliphatic heterocycles. The van der Waals surface area contributed by atoms with Crippen LogP contribution in [0.1, 0.15) is 33.3 Å². The zero-order valence-corrected chi connectivity index (χ0v) is 15.1. The summed E-state index contributed by atoms with van der Waals surface area (Å²) in [6.07, 6.45) is -1.73. The summed E-state index contributed by atoms with van der Waals surface area (Å²) in [4.78, 5) is 0. The quantitative estimate of drug-likeness (QED) is 0.859. The van der Waals surface area contributed by atoms with Crippen LogP contribution in [0.2, 0.25) is 0 Å². The van der Waals surface area contributed by atoms with Gasteiger partial charge in [0.2, 0.25) is 5.79 Å². The number of hydrogen-bond acceptors (Lipinski definition) is 6. The fourth-order valence-electron chi connectivity index (χ4n) is 4.23. The van der Waals surface area contributed by atoms with Crippen LogP contribution in [0, 0.1) is 5.41 Å². The van der Waals surface area contributed by atoms with Crippen LogP contribution < -0.4 is 0 Å². The van der Waals surface area contributed by atoms with Crippen LogP contribution in [0.3, 0.4) is 0 Å². The fraction of sp³-hybridized carbons (Fsp3) is 0.684. The molecule has 0 amide bonds. The first-order valence-corrected chi connectivity index (χ1v) is 8.72. The topological polar surface area (TPSA) is 77.4 Å². The van der Waals surface area contributed by atoms with E-state index < -0.39 is 40.9 Å². The zero-order chi connectivity index (χ0) is 18.1. The van der Waals surface area contributed by atoms with E-state index in [0.29, 0.717) is 13.2 Å². The molecule has 138 valence electrons. The minimum Gasteiger partial charge on any atom is -0.381 e. The van der Waals surface area contributed by atoms with Crippen molar-refractivity contribution in [1.82, 2.24) is 0 Å². The Morgan fingerprint density at radius 3 is 2.36 bits per heavy atom. The lowest BCUT2D eigenvalue weighted by Gasteiger charge is -2.32. The summed E-state index contributed by atoms with van der Waals surface area (Å²) in [5.41, 5.74) is -1.30. The van der Waals surface area contributed by atoms with Gasteiger partial charge in [0, 0.05) is 0 Å². The lowest BCUT2D eigenvalue weighted by Crippen LogP contribution is -2.48. The number of fused-ring (bicyclic) bond motifs is 1. The lowest BCUT2D eigenvalue weighted by atomic mass is 9.95. The molecule has 0 radical (unpaired) electrons. The second-order valence-corrected chi connectivity index (χ2v) is 8.20. The van der Waals surface area contributed by atoms with Gasteiger partial charge >= 0.3 is 0 Å². The zero-order valence-electron chi connectivity index (χ0n) is 15.1. The van der Waals surface area contributed by atoms with Crippen molar-refractivity contribution >= 4 is 0 Å². The van der Waals surface area contributed by atoms with Crippen LogP contribution in [-0.4, -0.2) is 52.3 Å². The van der Waals surface area contributed by atoms with E-state index in [1.807, 2.05) is 44.2 Å². The minimum atomic E-state index is -1.64. The van der Waals surface area contributed by atoms with E-state index >= 15 is 0 Å². The molecule has 6 nitrogen and oxygen atoms in total. The molecule has 1 aromatic carbocycles. The summed E-state index contributed by atoms with van der Waals surface area (Å²) in [7, 11) is 0. The van der Waals surface area contributed by atoms with Crippen molar-refractivity contribution in [3.8, 4) is 0 Å². The van der Waals surface area contributed by atoms with E-state index in [4.69, 9.17) is 18.9 Å². The predicted molar refractivity (Wildman–Crippen MR) is 88.5 cm³/mol. The average Bonchev–Trinajstić information content (AvgIpc) is 2.89. The Kier molecular flexibility index (Phi) is 3.65. The third kappa shape index (κ3) is 2.25. The largest absolute Gasteiger partial charge is 0.381 e. The highest BCUT2D eigenvalue weighted by Gasteiger charge is 2.93. The minimum absolute atomic E-state index is 0.316. The number of rotatable bonds is 4. The van der Waals surface area contributed by atoms with E-state index in [1.54, 1.807) is 13.8 Å². The van der Waals surface area contributed by atoms with Crippen LogP contribution in [0.5, 0.6) is 0 Å². The highest BCUT2D eigenvalue weighted by Crippen LogP contribution is 2.72. The third-order valence-corrected chi connectivity index (χ3v) is 5.94. The van der Waals surface area contributed by atoms with Gasteiger partial charge in [0.05, 0.1) is 18.6 Å². The molecule has 3 aliphatic rings. The highest BCUT2D eigenvalue weighted by molar-refractivity contribution is 5.35. The SMILES string of the molecule is CC1(C)OC[C@H]([C@H]2OC3(O)C(C)(C)[C@@]3(O)[C@@H]2OCc2ccccc2)O1. The Balaban J connectivity index is 1.57. The van der Waals surface area contributed by atoms with Gasteiger partial charge in [-0.1, -0.05) is 44.2 Å². The maximum absolute atomic E-state index is 11.2. The van der Waals surface area contributed by atoms with Gasteiger partial charge in [0.15, 0.2) is 11.4 Å².